The first-order valence-corrected chi connectivity index (χ1v) is 8.84. The molecule has 0 atom stereocenters. The van der Waals surface area contributed by atoms with Crippen molar-refractivity contribution in [3.63, 3.8) is 0 Å². The van der Waals surface area contributed by atoms with Crippen molar-refractivity contribution in [3.8, 4) is 0 Å². The number of aryl methyl sites for hydroxylation is 2. The first-order valence-electron chi connectivity index (χ1n) is 8.84. The van der Waals surface area contributed by atoms with E-state index in [2.05, 4.69) is 34.1 Å². The average Bonchev–Trinajstić information content (AvgIpc) is 3.04. The van der Waals surface area contributed by atoms with Crippen LogP contribution >= 0.6 is 0 Å². The van der Waals surface area contributed by atoms with Crippen LogP contribution in [0.3, 0.4) is 0 Å². The zero-order chi connectivity index (χ0) is 17.8. The van der Waals surface area contributed by atoms with Crippen LogP contribution in [0.1, 0.15) is 41.6 Å². The number of carbonyl (C=O) groups is 1. The van der Waals surface area contributed by atoms with E-state index in [0.717, 1.165) is 31.8 Å². The van der Waals surface area contributed by atoms with Crippen molar-refractivity contribution in [2.24, 2.45) is 0 Å². The highest BCUT2D eigenvalue weighted by molar-refractivity contribution is 5.78. The summed E-state index contributed by atoms with van der Waals surface area (Å²) in [5, 5.41) is 3.87. The fourth-order valence-corrected chi connectivity index (χ4v) is 3.26. The number of likely N-dealkylation sites (N-methyl/N-ethyl adjacent to an activating group) is 1. The molecular weight excluding hydrogens is 316 g/mol. The summed E-state index contributed by atoms with van der Waals surface area (Å²) in [5.41, 5.74) is 2.42. The van der Waals surface area contributed by atoms with Gasteiger partial charge in [0.25, 0.3) is 0 Å². The minimum atomic E-state index is 0.162. The van der Waals surface area contributed by atoms with Gasteiger partial charge in [-0.2, -0.15) is 4.98 Å². The number of benzene rings is 1. The average molecular weight is 342 g/mol. The van der Waals surface area contributed by atoms with Crippen molar-refractivity contribution in [2.45, 2.75) is 39.2 Å². The molecule has 1 aliphatic heterocycles. The van der Waals surface area contributed by atoms with Gasteiger partial charge in [0.2, 0.25) is 11.8 Å². The number of nitrogens with zero attached hydrogens (tertiary/aromatic N) is 4. The van der Waals surface area contributed by atoms with E-state index in [4.69, 9.17) is 4.52 Å². The fraction of sp³-hybridized carbons (Fsp3) is 0.526. The summed E-state index contributed by atoms with van der Waals surface area (Å²) in [7, 11) is 1.88. The van der Waals surface area contributed by atoms with E-state index in [1.807, 2.05) is 31.0 Å². The SMILES string of the molecule is Cc1noc(C2CCN(CC(=O)N(C)Cc3ccccc3C)CC2)n1. The van der Waals surface area contributed by atoms with Crippen molar-refractivity contribution in [1.82, 2.24) is 19.9 Å². The molecule has 1 amide bonds. The number of likely N-dealkylation sites (tertiary alicyclic amines) is 1. The molecule has 1 aromatic carbocycles. The summed E-state index contributed by atoms with van der Waals surface area (Å²) in [5.74, 6) is 1.90. The molecule has 0 bridgehead atoms. The molecule has 0 aliphatic carbocycles. The summed E-state index contributed by atoms with van der Waals surface area (Å²) in [4.78, 5) is 20.9. The van der Waals surface area contributed by atoms with E-state index in [0.29, 0.717) is 24.8 Å². The van der Waals surface area contributed by atoms with E-state index in [9.17, 15) is 4.79 Å². The lowest BCUT2D eigenvalue weighted by atomic mass is 9.97. The van der Waals surface area contributed by atoms with E-state index in [-0.39, 0.29) is 5.91 Å². The van der Waals surface area contributed by atoms with Gasteiger partial charge in [-0.25, -0.2) is 0 Å². The summed E-state index contributed by atoms with van der Waals surface area (Å²) in [6, 6.07) is 8.20. The molecule has 2 aromatic rings. The number of amides is 1. The minimum absolute atomic E-state index is 0.162. The largest absolute Gasteiger partial charge is 0.340 e. The normalized spacial score (nSPS) is 16.1. The Morgan fingerprint density at radius 1 is 1.28 bits per heavy atom. The van der Waals surface area contributed by atoms with Crippen LogP contribution in [0.2, 0.25) is 0 Å². The van der Waals surface area contributed by atoms with Gasteiger partial charge in [-0.15, -0.1) is 0 Å². The Bertz CT molecular complexity index is 720. The molecule has 0 spiro atoms. The monoisotopic (exact) mass is 342 g/mol. The second-order valence-corrected chi connectivity index (χ2v) is 6.91. The lowest BCUT2D eigenvalue weighted by Crippen LogP contribution is -2.41. The molecule has 0 radical (unpaired) electrons. The number of rotatable bonds is 5. The van der Waals surface area contributed by atoms with Crippen LogP contribution in [0, 0.1) is 13.8 Å². The smallest absolute Gasteiger partial charge is 0.236 e. The van der Waals surface area contributed by atoms with Crippen LogP contribution < -0.4 is 0 Å². The lowest BCUT2D eigenvalue weighted by molar-refractivity contribution is -0.131. The molecule has 1 aromatic heterocycles. The molecule has 25 heavy (non-hydrogen) atoms. The van der Waals surface area contributed by atoms with E-state index in [1.165, 1.54) is 11.1 Å². The predicted octanol–water partition coefficient (Wildman–Crippen LogP) is 2.52. The number of hydrogen-bond donors (Lipinski definition) is 0. The molecular formula is C19H26N4O2. The van der Waals surface area contributed by atoms with Crippen molar-refractivity contribution in [1.29, 1.82) is 0 Å². The van der Waals surface area contributed by atoms with Crippen LogP contribution in [0.4, 0.5) is 0 Å². The van der Waals surface area contributed by atoms with Crippen molar-refractivity contribution in [3.05, 3.63) is 47.1 Å². The maximum absolute atomic E-state index is 12.5. The highest BCUT2D eigenvalue weighted by atomic mass is 16.5. The van der Waals surface area contributed by atoms with Gasteiger partial charge in [0.1, 0.15) is 0 Å². The molecule has 6 nitrogen and oxygen atoms in total. The first kappa shape index (κ1) is 17.6. The number of hydrogen-bond acceptors (Lipinski definition) is 5. The lowest BCUT2D eigenvalue weighted by Gasteiger charge is -2.31. The first-order chi connectivity index (χ1) is 12.0. The number of carbonyl (C=O) groups excluding carboxylic acids is 1. The molecule has 0 N–H and O–H groups in total. The summed E-state index contributed by atoms with van der Waals surface area (Å²) < 4.78 is 5.28. The second kappa shape index (κ2) is 7.78. The summed E-state index contributed by atoms with van der Waals surface area (Å²) >= 11 is 0. The van der Waals surface area contributed by atoms with E-state index in [1.54, 1.807) is 0 Å². The molecule has 0 unspecified atom stereocenters. The fourth-order valence-electron chi connectivity index (χ4n) is 3.26. The third-order valence-corrected chi connectivity index (χ3v) is 4.93. The van der Waals surface area contributed by atoms with Crippen molar-refractivity contribution >= 4 is 5.91 Å². The molecule has 1 aliphatic rings. The Morgan fingerprint density at radius 2 is 2.00 bits per heavy atom. The summed E-state index contributed by atoms with van der Waals surface area (Å²) in [6.45, 7) is 6.82. The number of aromatic nitrogens is 2. The molecule has 6 heteroatoms. The number of piperidine rings is 1. The zero-order valence-corrected chi connectivity index (χ0v) is 15.2. The Balaban J connectivity index is 1.48. The highest BCUT2D eigenvalue weighted by Gasteiger charge is 2.26. The van der Waals surface area contributed by atoms with Gasteiger partial charge in [0.15, 0.2) is 5.82 Å². The van der Waals surface area contributed by atoms with Gasteiger partial charge < -0.3 is 9.42 Å². The Hall–Kier alpha value is -2.21. The van der Waals surface area contributed by atoms with Gasteiger partial charge >= 0.3 is 0 Å². The Morgan fingerprint density at radius 3 is 2.64 bits per heavy atom. The van der Waals surface area contributed by atoms with Crippen LogP contribution in [0.25, 0.3) is 0 Å². The van der Waals surface area contributed by atoms with Crippen molar-refractivity contribution < 1.29 is 9.32 Å². The van der Waals surface area contributed by atoms with Crippen LogP contribution in [0.5, 0.6) is 0 Å². The van der Waals surface area contributed by atoms with Crippen LogP contribution in [-0.2, 0) is 11.3 Å². The van der Waals surface area contributed by atoms with Gasteiger partial charge in [-0.3, -0.25) is 9.69 Å². The Labute approximate surface area is 148 Å². The molecule has 2 heterocycles. The molecule has 0 saturated carbocycles. The topological polar surface area (TPSA) is 62.5 Å². The van der Waals surface area contributed by atoms with Gasteiger partial charge in [-0.05, 0) is 50.9 Å². The summed E-state index contributed by atoms with van der Waals surface area (Å²) in [6.07, 6.45) is 1.91. The van der Waals surface area contributed by atoms with Crippen molar-refractivity contribution in [2.75, 3.05) is 26.7 Å². The highest BCUT2D eigenvalue weighted by Crippen LogP contribution is 2.26. The standard InChI is InChI=1S/C19H26N4O2/c1-14-6-4-5-7-17(14)12-22(3)18(24)13-23-10-8-16(9-11-23)19-20-15(2)21-25-19/h4-7,16H,8-13H2,1-3H3. The van der Waals surface area contributed by atoms with Crippen LogP contribution in [0.15, 0.2) is 28.8 Å². The van der Waals surface area contributed by atoms with Gasteiger partial charge in [-0.1, -0.05) is 29.4 Å². The van der Waals surface area contributed by atoms with Crippen LogP contribution in [-0.4, -0.2) is 52.5 Å². The van der Waals surface area contributed by atoms with E-state index >= 15 is 0 Å². The minimum Gasteiger partial charge on any atom is -0.340 e. The van der Waals surface area contributed by atoms with Gasteiger partial charge in [0, 0.05) is 19.5 Å². The molecule has 3 rings (SSSR count). The second-order valence-electron chi connectivity index (χ2n) is 6.91. The molecule has 1 saturated heterocycles. The predicted molar refractivity (Wildman–Crippen MR) is 95.1 cm³/mol. The van der Waals surface area contributed by atoms with Gasteiger partial charge in [0.05, 0.1) is 6.54 Å². The maximum Gasteiger partial charge on any atom is 0.236 e. The Kier molecular flexibility index (Phi) is 5.48. The maximum atomic E-state index is 12.5. The van der Waals surface area contributed by atoms with E-state index < -0.39 is 0 Å². The zero-order valence-electron chi connectivity index (χ0n) is 15.2. The quantitative estimate of drug-likeness (QED) is 0.835. The molecule has 1 fully saturated rings. The third-order valence-electron chi connectivity index (χ3n) is 4.93. The molecule has 134 valence electrons. The third kappa shape index (κ3) is 4.45.